The van der Waals surface area contributed by atoms with Crippen LogP contribution in [0.3, 0.4) is 0 Å². The van der Waals surface area contributed by atoms with E-state index in [0.29, 0.717) is 0 Å². The third kappa shape index (κ3) is 3.26. The molecule has 0 spiro atoms. The molecule has 0 aliphatic heterocycles. The number of hydrogen-bond acceptors (Lipinski definition) is 1. The minimum atomic E-state index is 0.986. The van der Waals surface area contributed by atoms with Crippen molar-refractivity contribution in [2.75, 3.05) is 6.54 Å². The summed E-state index contributed by atoms with van der Waals surface area (Å²) in [5.74, 6) is 0. The highest BCUT2D eigenvalue weighted by Gasteiger charge is 1.97. The zero-order chi connectivity index (χ0) is 8.85. The van der Waals surface area contributed by atoms with Gasteiger partial charge < -0.3 is 5.32 Å². The normalized spacial score (nSPS) is 12.4. The van der Waals surface area contributed by atoms with Crippen LogP contribution in [-0.2, 0) is 0 Å². The Morgan fingerprint density at radius 1 is 1.27 bits per heavy atom. The van der Waals surface area contributed by atoms with E-state index in [1.807, 2.05) is 0 Å². The average Bonchev–Trinajstić information content (AvgIpc) is 2.02. The van der Waals surface area contributed by atoms with Crippen LogP contribution < -0.4 is 5.32 Å². The first-order valence-corrected chi connectivity index (χ1v) is 4.22. The Bertz CT molecular complexity index is 166. The molecule has 0 atom stereocenters. The summed E-state index contributed by atoms with van der Waals surface area (Å²) in [4.78, 5) is 0. The van der Waals surface area contributed by atoms with E-state index in [2.05, 4.69) is 39.6 Å². The van der Waals surface area contributed by atoms with Gasteiger partial charge in [0.2, 0.25) is 0 Å². The smallest absolute Gasteiger partial charge is 0.0115 e. The van der Waals surface area contributed by atoms with Crippen LogP contribution in [0.4, 0.5) is 0 Å². The van der Waals surface area contributed by atoms with Gasteiger partial charge in [0.1, 0.15) is 0 Å². The van der Waals surface area contributed by atoms with Crippen molar-refractivity contribution in [2.24, 2.45) is 0 Å². The molecule has 1 heteroatoms. The lowest BCUT2D eigenvalue weighted by Crippen LogP contribution is -2.11. The Kier molecular flexibility index (Phi) is 4.67. The van der Waals surface area contributed by atoms with Crippen LogP contribution in [-0.4, -0.2) is 6.54 Å². The summed E-state index contributed by atoms with van der Waals surface area (Å²) in [7, 11) is 0. The van der Waals surface area contributed by atoms with Crippen molar-refractivity contribution in [1.82, 2.24) is 5.32 Å². The number of hydrogen-bond donors (Lipinski definition) is 1. The summed E-state index contributed by atoms with van der Waals surface area (Å²) in [6, 6.07) is 0. The van der Waals surface area contributed by atoms with E-state index < -0.39 is 0 Å². The largest absolute Gasteiger partial charge is 0.389 e. The fourth-order valence-corrected chi connectivity index (χ4v) is 0.928. The molecule has 0 fully saturated rings. The third-order valence-electron chi connectivity index (χ3n) is 1.96. The predicted molar refractivity (Wildman–Crippen MR) is 51.5 cm³/mol. The molecule has 0 saturated carbocycles. The molecule has 0 radical (unpaired) electrons. The molecule has 0 aromatic rings. The topological polar surface area (TPSA) is 12.0 Å². The van der Waals surface area contributed by atoms with Crippen molar-refractivity contribution in [2.45, 2.75) is 34.1 Å². The molecule has 0 aliphatic rings. The van der Waals surface area contributed by atoms with E-state index in [9.17, 15) is 0 Å². The van der Waals surface area contributed by atoms with E-state index in [-0.39, 0.29) is 0 Å². The Balaban J connectivity index is 4.26. The van der Waals surface area contributed by atoms with Gasteiger partial charge in [-0.25, -0.2) is 0 Å². The fraction of sp³-hybridized carbons (Fsp3) is 0.600. The van der Waals surface area contributed by atoms with Gasteiger partial charge in [-0.3, -0.25) is 0 Å². The van der Waals surface area contributed by atoms with Crippen molar-refractivity contribution in [3.63, 3.8) is 0 Å². The molecule has 0 amide bonds. The van der Waals surface area contributed by atoms with Gasteiger partial charge in [-0.1, -0.05) is 19.1 Å². The zero-order valence-corrected chi connectivity index (χ0v) is 8.12. The molecule has 1 nitrogen and oxygen atoms in total. The highest BCUT2D eigenvalue weighted by molar-refractivity contribution is 5.29. The van der Waals surface area contributed by atoms with Crippen molar-refractivity contribution in [1.29, 1.82) is 0 Å². The molecule has 0 saturated heterocycles. The Hall–Kier alpha value is -0.720. The van der Waals surface area contributed by atoms with Crippen LogP contribution in [0.2, 0.25) is 0 Å². The van der Waals surface area contributed by atoms with Gasteiger partial charge in [0.05, 0.1) is 0 Å². The van der Waals surface area contributed by atoms with E-state index in [0.717, 1.165) is 13.0 Å². The first-order valence-electron chi connectivity index (χ1n) is 4.22. The minimum Gasteiger partial charge on any atom is -0.389 e. The second kappa shape index (κ2) is 5.00. The Morgan fingerprint density at radius 2 is 1.82 bits per heavy atom. The van der Waals surface area contributed by atoms with Crippen molar-refractivity contribution in [3.8, 4) is 0 Å². The molecular formula is C10H19N. The van der Waals surface area contributed by atoms with Crippen LogP contribution in [0.15, 0.2) is 23.4 Å². The molecule has 0 rings (SSSR count). The standard InChI is InChI=1S/C10H19N/c1-6-8(3)9(4)10(5)11-7-2/h11H,3,6-7H2,1-2,4-5H3/b10-9-. The zero-order valence-electron chi connectivity index (χ0n) is 8.12. The Morgan fingerprint density at radius 3 is 2.18 bits per heavy atom. The average molecular weight is 153 g/mol. The molecule has 0 unspecified atom stereocenters. The van der Waals surface area contributed by atoms with Crippen molar-refractivity contribution >= 4 is 0 Å². The van der Waals surface area contributed by atoms with Crippen LogP contribution in [0, 0.1) is 0 Å². The summed E-state index contributed by atoms with van der Waals surface area (Å²) >= 11 is 0. The van der Waals surface area contributed by atoms with Gasteiger partial charge in [0.15, 0.2) is 0 Å². The first kappa shape index (κ1) is 10.3. The third-order valence-corrected chi connectivity index (χ3v) is 1.96. The molecule has 11 heavy (non-hydrogen) atoms. The number of rotatable bonds is 4. The summed E-state index contributed by atoms with van der Waals surface area (Å²) in [5, 5.41) is 3.28. The van der Waals surface area contributed by atoms with Gasteiger partial charge in [-0.15, -0.1) is 0 Å². The van der Waals surface area contributed by atoms with Crippen LogP contribution in [0.5, 0.6) is 0 Å². The molecule has 0 aromatic heterocycles. The van der Waals surface area contributed by atoms with Gasteiger partial charge in [0, 0.05) is 12.2 Å². The van der Waals surface area contributed by atoms with Crippen molar-refractivity contribution < 1.29 is 0 Å². The molecule has 0 aromatic carbocycles. The summed E-state index contributed by atoms with van der Waals surface area (Å²) in [6.07, 6.45) is 1.04. The van der Waals surface area contributed by atoms with E-state index in [4.69, 9.17) is 0 Å². The SMILES string of the molecule is C=C(CC)/C(C)=C(/C)NCC. The predicted octanol–water partition coefficient (Wildman–Crippen LogP) is 2.86. The van der Waals surface area contributed by atoms with Gasteiger partial charge in [-0.05, 0) is 32.8 Å². The van der Waals surface area contributed by atoms with E-state index >= 15 is 0 Å². The summed E-state index contributed by atoms with van der Waals surface area (Å²) < 4.78 is 0. The first-order chi connectivity index (χ1) is 5.13. The maximum Gasteiger partial charge on any atom is 0.0115 e. The van der Waals surface area contributed by atoms with Crippen LogP contribution >= 0.6 is 0 Å². The highest BCUT2D eigenvalue weighted by atomic mass is 14.9. The summed E-state index contributed by atoms with van der Waals surface area (Å²) in [6.45, 7) is 13.4. The lowest BCUT2D eigenvalue weighted by atomic mass is 10.1. The molecule has 0 aliphatic carbocycles. The van der Waals surface area contributed by atoms with Gasteiger partial charge >= 0.3 is 0 Å². The molecule has 0 bridgehead atoms. The second-order valence-corrected chi connectivity index (χ2v) is 2.74. The van der Waals surface area contributed by atoms with E-state index in [1.165, 1.54) is 16.8 Å². The number of nitrogens with one attached hydrogen (secondary N) is 1. The quantitative estimate of drug-likeness (QED) is 0.612. The van der Waals surface area contributed by atoms with Gasteiger partial charge in [0.25, 0.3) is 0 Å². The number of allylic oxidation sites excluding steroid dienone is 3. The van der Waals surface area contributed by atoms with Crippen molar-refractivity contribution in [3.05, 3.63) is 23.4 Å². The molecule has 64 valence electrons. The summed E-state index contributed by atoms with van der Waals surface area (Å²) in [5.41, 5.74) is 3.78. The van der Waals surface area contributed by atoms with Gasteiger partial charge in [-0.2, -0.15) is 0 Å². The van der Waals surface area contributed by atoms with Crippen LogP contribution in [0.1, 0.15) is 34.1 Å². The monoisotopic (exact) mass is 153 g/mol. The Labute approximate surface area is 70.2 Å². The lowest BCUT2D eigenvalue weighted by molar-refractivity contribution is 0.837. The minimum absolute atomic E-state index is 0.986. The fourth-order valence-electron chi connectivity index (χ4n) is 0.928. The maximum atomic E-state index is 3.98. The lowest BCUT2D eigenvalue weighted by Gasteiger charge is -2.09. The maximum absolute atomic E-state index is 3.98. The van der Waals surface area contributed by atoms with E-state index in [1.54, 1.807) is 0 Å². The molecule has 0 heterocycles. The molecular weight excluding hydrogens is 134 g/mol. The second-order valence-electron chi connectivity index (χ2n) is 2.74. The highest BCUT2D eigenvalue weighted by Crippen LogP contribution is 2.13. The van der Waals surface area contributed by atoms with Crippen LogP contribution in [0.25, 0.3) is 0 Å². The molecule has 1 N–H and O–H groups in total.